The number of nitrogens with zero attached hydrogens (tertiary/aromatic N) is 2. The summed E-state index contributed by atoms with van der Waals surface area (Å²) in [5.74, 6) is -3.60. The lowest BCUT2D eigenvalue weighted by atomic mass is 10.0. The quantitative estimate of drug-likeness (QED) is 0.691. The Morgan fingerprint density at radius 3 is 2.59 bits per heavy atom. The number of carbonyl (C=O) groups is 2. The molecule has 2 aliphatic heterocycles. The number of hydrogen-bond donors (Lipinski definition) is 2. The van der Waals surface area contributed by atoms with Crippen LogP contribution >= 0.6 is 0 Å². The second kappa shape index (κ2) is 9.62. The molecule has 32 heavy (non-hydrogen) atoms. The first-order chi connectivity index (χ1) is 15.4. The second-order valence-electron chi connectivity index (χ2n) is 8.01. The zero-order valence-corrected chi connectivity index (χ0v) is 17.9. The van der Waals surface area contributed by atoms with E-state index >= 15 is 0 Å². The summed E-state index contributed by atoms with van der Waals surface area (Å²) in [4.78, 5) is 29.1. The number of nitrogens with one attached hydrogen (secondary N) is 2. The van der Waals surface area contributed by atoms with Crippen LogP contribution in [0.4, 0.5) is 20.2 Å². The van der Waals surface area contributed by atoms with Gasteiger partial charge in [-0.25, -0.2) is 8.78 Å². The van der Waals surface area contributed by atoms with Crippen molar-refractivity contribution >= 4 is 23.2 Å². The van der Waals surface area contributed by atoms with E-state index < -0.39 is 23.4 Å². The lowest BCUT2D eigenvalue weighted by Gasteiger charge is -2.35. The Labute approximate surface area is 185 Å². The van der Waals surface area contributed by atoms with Crippen molar-refractivity contribution < 1.29 is 23.1 Å². The minimum atomic E-state index is -1.01. The molecule has 2 heterocycles. The summed E-state index contributed by atoms with van der Waals surface area (Å²) in [6.07, 6.45) is 0.966. The van der Waals surface area contributed by atoms with Gasteiger partial charge in [-0.05, 0) is 35.7 Å². The van der Waals surface area contributed by atoms with Gasteiger partial charge in [0.15, 0.2) is 0 Å². The van der Waals surface area contributed by atoms with Gasteiger partial charge in [-0.15, -0.1) is 0 Å². The number of rotatable bonds is 5. The molecular formula is C23H26F2N4O3. The van der Waals surface area contributed by atoms with Gasteiger partial charge >= 0.3 is 11.8 Å². The third-order valence-electron chi connectivity index (χ3n) is 5.94. The molecule has 2 aliphatic rings. The highest BCUT2D eigenvalue weighted by Crippen LogP contribution is 2.31. The molecule has 2 N–H and O–H groups in total. The Hall–Kier alpha value is -3.04. The number of morpholine rings is 1. The van der Waals surface area contributed by atoms with Gasteiger partial charge < -0.3 is 20.3 Å². The van der Waals surface area contributed by atoms with Crippen molar-refractivity contribution in [3.63, 3.8) is 0 Å². The van der Waals surface area contributed by atoms with Crippen molar-refractivity contribution in [3.05, 3.63) is 59.2 Å². The minimum Gasteiger partial charge on any atom is -0.379 e. The van der Waals surface area contributed by atoms with Crippen molar-refractivity contribution in [1.82, 2.24) is 10.2 Å². The van der Waals surface area contributed by atoms with E-state index in [2.05, 4.69) is 45.7 Å². The zero-order chi connectivity index (χ0) is 22.7. The molecule has 4 rings (SSSR count). The van der Waals surface area contributed by atoms with Crippen LogP contribution in [0.1, 0.15) is 17.2 Å². The van der Waals surface area contributed by atoms with Crippen molar-refractivity contribution in [2.75, 3.05) is 56.7 Å². The SMILES string of the molecule is CN1CCc2cc([C@H](CNC(=O)C(=O)Nc3ccc(F)cc3F)N3CCOCC3)ccc21. The fourth-order valence-corrected chi connectivity index (χ4v) is 4.18. The molecule has 9 heteroatoms. The monoisotopic (exact) mass is 444 g/mol. The van der Waals surface area contributed by atoms with Crippen molar-refractivity contribution in [3.8, 4) is 0 Å². The van der Waals surface area contributed by atoms with Crippen LogP contribution in [-0.4, -0.2) is 63.2 Å². The molecule has 2 aromatic rings. The van der Waals surface area contributed by atoms with Crippen molar-refractivity contribution in [2.24, 2.45) is 0 Å². The average Bonchev–Trinajstić information content (AvgIpc) is 3.16. The van der Waals surface area contributed by atoms with Crippen LogP contribution in [0.3, 0.4) is 0 Å². The van der Waals surface area contributed by atoms with Gasteiger partial charge in [0.1, 0.15) is 11.6 Å². The van der Waals surface area contributed by atoms with Crippen LogP contribution in [-0.2, 0) is 20.7 Å². The van der Waals surface area contributed by atoms with E-state index in [1.807, 2.05) is 0 Å². The summed E-state index contributed by atoms with van der Waals surface area (Å²) < 4.78 is 32.3. The minimum absolute atomic E-state index is 0.130. The van der Waals surface area contributed by atoms with E-state index in [-0.39, 0.29) is 18.3 Å². The Kier molecular flexibility index (Phi) is 6.66. The Morgan fingerprint density at radius 2 is 1.84 bits per heavy atom. The lowest BCUT2D eigenvalue weighted by molar-refractivity contribution is -0.136. The molecule has 2 amide bonds. The number of fused-ring (bicyclic) bond motifs is 1. The van der Waals surface area contributed by atoms with Crippen LogP contribution in [0, 0.1) is 11.6 Å². The number of likely N-dealkylation sites (N-methyl/N-ethyl adjacent to an activating group) is 1. The fourth-order valence-electron chi connectivity index (χ4n) is 4.18. The molecule has 0 radical (unpaired) electrons. The molecule has 0 spiro atoms. The van der Waals surface area contributed by atoms with Gasteiger partial charge in [0.25, 0.3) is 0 Å². The molecule has 1 atom stereocenters. The second-order valence-corrected chi connectivity index (χ2v) is 8.01. The summed E-state index contributed by atoms with van der Waals surface area (Å²) in [6, 6.07) is 8.92. The lowest BCUT2D eigenvalue weighted by Crippen LogP contribution is -2.45. The molecular weight excluding hydrogens is 418 g/mol. The molecule has 2 aromatic carbocycles. The van der Waals surface area contributed by atoms with Gasteiger partial charge in [0, 0.05) is 45.0 Å². The van der Waals surface area contributed by atoms with Gasteiger partial charge in [0.05, 0.1) is 24.9 Å². The topological polar surface area (TPSA) is 73.9 Å². The highest BCUT2D eigenvalue weighted by Gasteiger charge is 2.26. The molecule has 7 nitrogen and oxygen atoms in total. The van der Waals surface area contributed by atoms with E-state index in [1.54, 1.807) is 0 Å². The largest absolute Gasteiger partial charge is 0.379 e. The number of amides is 2. The summed E-state index contributed by atoms with van der Waals surface area (Å²) in [6.45, 7) is 3.81. The number of hydrogen-bond acceptors (Lipinski definition) is 5. The van der Waals surface area contributed by atoms with Crippen molar-refractivity contribution in [2.45, 2.75) is 12.5 Å². The highest BCUT2D eigenvalue weighted by molar-refractivity contribution is 6.39. The molecule has 0 aliphatic carbocycles. The van der Waals surface area contributed by atoms with E-state index in [0.29, 0.717) is 32.4 Å². The Bertz CT molecular complexity index is 1010. The van der Waals surface area contributed by atoms with E-state index in [9.17, 15) is 18.4 Å². The normalized spacial score (nSPS) is 17.0. The number of halogens is 2. The van der Waals surface area contributed by atoms with Crippen LogP contribution in [0.25, 0.3) is 0 Å². The van der Waals surface area contributed by atoms with Gasteiger partial charge in [0.2, 0.25) is 0 Å². The van der Waals surface area contributed by atoms with Crippen molar-refractivity contribution in [1.29, 1.82) is 0 Å². The zero-order valence-electron chi connectivity index (χ0n) is 17.9. The number of benzene rings is 2. The maximum absolute atomic E-state index is 13.8. The Morgan fingerprint density at radius 1 is 1.06 bits per heavy atom. The van der Waals surface area contributed by atoms with Crippen LogP contribution in [0.15, 0.2) is 36.4 Å². The summed E-state index contributed by atoms with van der Waals surface area (Å²) in [7, 11) is 2.06. The third-order valence-corrected chi connectivity index (χ3v) is 5.94. The average molecular weight is 444 g/mol. The van der Waals surface area contributed by atoms with Crippen LogP contribution < -0.4 is 15.5 Å². The van der Waals surface area contributed by atoms with Crippen LogP contribution in [0.5, 0.6) is 0 Å². The van der Waals surface area contributed by atoms with Gasteiger partial charge in [-0.2, -0.15) is 0 Å². The first-order valence-electron chi connectivity index (χ1n) is 10.6. The van der Waals surface area contributed by atoms with E-state index in [1.165, 1.54) is 11.3 Å². The first-order valence-corrected chi connectivity index (χ1v) is 10.6. The molecule has 0 aromatic heterocycles. The standard InChI is InChI=1S/C23H26F2N4O3/c1-28-7-6-16-12-15(2-5-20(16)28)21(29-8-10-32-11-9-29)14-26-22(30)23(31)27-19-4-3-17(24)13-18(19)25/h2-5,12-13,21H,6-11,14H2,1H3,(H,26,30)(H,27,31)/t21-/m0/s1. The maximum Gasteiger partial charge on any atom is 0.313 e. The summed E-state index contributed by atoms with van der Waals surface area (Å²) in [5.41, 5.74) is 3.28. The predicted molar refractivity (Wildman–Crippen MR) is 117 cm³/mol. The van der Waals surface area contributed by atoms with Gasteiger partial charge in [-0.3, -0.25) is 14.5 Å². The predicted octanol–water partition coefficient (Wildman–Crippen LogP) is 2.09. The summed E-state index contributed by atoms with van der Waals surface area (Å²) in [5, 5.41) is 4.85. The smallest absolute Gasteiger partial charge is 0.313 e. The molecule has 0 bridgehead atoms. The third kappa shape index (κ3) is 4.89. The molecule has 1 fully saturated rings. The Balaban J connectivity index is 1.45. The number of anilines is 2. The highest BCUT2D eigenvalue weighted by atomic mass is 19.1. The molecule has 0 unspecified atom stereocenters. The van der Waals surface area contributed by atoms with Crippen LogP contribution in [0.2, 0.25) is 0 Å². The van der Waals surface area contributed by atoms with E-state index in [0.717, 1.165) is 30.7 Å². The molecule has 1 saturated heterocycles. The number of ether oxygens (including phenoxy) is 1. The molecule has 170 valence electrons. The van der Waals surface area contributed by atoms with E-state index in [4.69, 9.17) is 4.74 Å². The van der Waals surface area contributed by atoms with Gasteiger partial charge in [-0.1, -0.05) is 12.1 Å². The maximum atomic E-state index is 13.8. The first kappa shape index (κ1) is 22.2. The fraction of sp³-hybridized carbons (Fsp3) is 0.391. The summed E-state index contributed by atoms with van der Waals surface area (Å²) >= 11 is 0. The number of carbonyl (C=O) groups excluding carboxylic acids is 2. The molecule has 0 saturated carbocycles.